The Morgan fingerprint density at radius 3 is 1.00 bits per heavy atom. The summed E-state index contributed by atoms with van der Waals surface area (Å²) in [6.07, 6.45) is 0. The zero-order valence-electron chi connectivity index (χ0n) is 2.27. The molecule has 0 amide bonds. The van der Waals surface area contributed by atoms with Crippen molar-refractivity contribution in [3.8, 4) is 0 Å². The number of hydrogen-bond acceptors (Lipinski definition) is 0. The van der Waals surface area contributed by atoms with E-state index >= 15 is 0 Å². The van der Waals surface area contributed by atoms with Crippen LogP contribution in [0, 0.1) is 0 Å². The molecule has 14 valence electrons. The van der Waals surface area contributed by atoms with Gasteiger partial charge < -0.3 is 5.48 Å². The van der Waals surface area contributed by atoms with Crippen LogP contribution in [-0.2, 0) is 57.7 Å². The molecule has 0 bridgehead atoms. The fraction of sp³-hybridized carbons (Fsp3) is 0. The van der Waals surface area contributed by atoms with Gasteiger partial charge in [-0.25, -0.2) is 0 Å². The van der Waals surface area contributed by atoms with E-state index < -0.39 is 0 Å². The predicted molar refractivity (Wildman–Crippen MR) is 6.44 cm³/mol. The van der Waals surface area contributed by atoms with E-state index in [2.05, 4.69) is 0 Å². The van der Waals surface area contributed by atoms with Gasteiger partial charge in [0.25, 0.3) is 0 Å². The van der Waals surface area contributed by atoms with Crippen molar-refractivity contribution < 1.29 is 57.7 Å². The minimum atomic E-state index is 0. The van der Waals surface area contributed by atoms with Gasteiger partial charge in [0.1, 0.15) is 0 Å². The third-order valence-corrected chi connectivity index (χ3v) is 0. The quantitative estimate of drug-likeness (QED) is 0.537. The van der Waals surface area contributed by atoms with Crippen LogP contribution in [0.1, 0.15) is 0 Å². The molecule has 0 aliphatic heterocycles. The molecule has 1 nitrogen and oxygen atoms in total. The normalized spacial score (nSPS) is 0. The van der Waals surface area contributed by atoms with Gasteiger partial charge in [0.2, 0.25) is 0 Å². The Kier molecular flexibility index (Phi) is 137. The van der Waals surface area contributed by atoms with Crippen LogP contribution in [-0.4, -0.2) is 25.8 Å². The molecule has 0 N–H and O–H groups in total. The van der Waals surface area contributed by atoms with Crippen molar-refractivity contribution in [1.29, 1.82) is 0 Å². The first-order valence-corrected chi connectivity index (χ1v) is 0. The molecule has 0 aromatic heterocycles. The molecule has 0 heterocycles. The summed E-state index contributed by atoms with van der Waals surface area (Å²) < 4.78 is 0. The third kappa shape index (κ3) is 8.82. The van der Waals surface area contributed by atoms with E-state index in [4.69, 9.17) is 0 Å². The molecule has 0 unspecified atom stereocenters. The van der Waals surface area contributed by atoms with E-state index in [0.717, 1.165) is 0 Å². The fourth-order valence-corrected chi connectivity index (χ4v) is 0. The molecule has 0 aliphatic rings. The van der Waals surface area contributed by atoms with Gasteiger partial charge in [0.05, 0.1) is 0 Å². The zero-order chi connectivity index (χ0) is 0. The molecule has 4 heteroatoms. The second-order valence-corrected chi connectivity index (χ2v) is 0. The predicted octanol–water partition coefficient (Wildman–Crippen LogP) is -0.505. The standard InChI is InChI=1S/In.O.Y.Zn/q;-2;;+2. The first-order chi connectivity index (χ1) is 0. The van der Waals surface area contributed by atoms with Crippen molar-refractivity contribution in [1.82, 2.24) is 0 Å². The Bertz CT molecular complexity index is 8.00. The minimum absolute atomic E-state index is 0. The average molecular weight is 285 g/mol. The molecule has 0 rings (SSSR count). The topological polar surface area (TPSA) is 28.5 Å². The summed E-state index contributed by atoms with van der Waals surface area (Å²) in [5, 5.41) is 0. The summed E-state index contributed by atoms with van der Waals surface area (Å²) in [7, 11) is 0. The van der Waals surface area contributed by atoms with Gasteiger partial charge in [-0.2, -0.15) is 0 Å². The number of rotatable bonds is 0. The van der Waals surface area contributed by atoms with Crippen LogP contribution >= 0.6 is 0 Å². The maximum absolute atomic E-state index is 0. The Hall–Kier alpha value is 2.56. The van der Waals surface area contributed by atoms with Gasteiger partial charge in [-0.05, 0) is 0 Å². The van der Waals surface area contributed by atoms with E-state index in [0.29, 0.717) is 0 Å². The van der Waals surface area contributed by atoms with Crippen LogP contribution in [0.5, 0.6) is 0 Å². The maximum atomic E-state index is 0. The van der Waals surface area contributed by atoms with E-state index in [-0.39, 0.29) is 83.5 Å². The van der Waals surface area contributed by atoms with Crippen LogP contribution in [0.3, 0.4) is 0 Å². The summed E-state index contributed by atoms with van der Waals surface area (Å²) in [6, 6.07) is 0. The molecule has 0 spiro atoms. The van der Waals surface area contributed by atoms with Gasteiger partial charge >= 0.3 is 19.5 Å². The van der Waals surface area contributed by atoms with Gasteiger partial charge in [0.15, 0.2) is 0 Å². The van der Waals surface area contributed by atoms with E-state index in [9.17, 15) is 0 Å². The smallest absolute Gasteiger partial charge is 2.00 e. The molecule has 0 fully saturated rings. The molecule has 4 radical (unpaired) electrons. The second kappa shape index (κ2) is 17.6. The van der Waals surface area contributed by atoms with E-state index in [1.807, 2.05) is 0 Å². The minimum Gasteiger partial charge on any atom is -2.00 e. The second-order valence-electron chi connectivity index (χ2n) is 0. The summed E-state index contributed by atoms with van der Waals surface area (Å²) in [4.78, 5) is 0. The number of hydrogen-bond donors (Lipinski definition) is 0. The van der Waals surface area contributed by atoms with Crippen LogP contribution < -0.4 is 0 Å². The van der Waals surface area contributed by atoms with Gasteiger partial charge in [-0.1, -0.05) is 0 Å². The van der Waals surface area contributed by atoms with Gasteiger partial charge in [-0.3, -0.25) is 0 Å². The molecular formula is InOYZn. The Morgan fingerprint density at radius 2 is 1.00 bits per heavy atom. The molecule has 0 saturated carbocycles. The van der Waals surface area contributed by atoms with Crippen molar-refractivity contribution in [2.24, 2.45) is 0 Å². The van der Waals surface area contributed by atoms with Crippen molar-refractivity contribution in [3.05, 3.63) is 0 Å². The maximum Gasteiger partial charge on any atom is 2.00 e. The molecule has 0 aromatic carbocycles. The third-order valence-electron chi connectivity index (χ3n) is 0. The van der Waals surface area contributed by atoms with Crippen molar-refractivity contribution >= 4 is 25.8 Å². The average Bonchev–Trinajstić information content (AvgIpc) is 0. The monoisotopic (exact) mass is 284 g/mol. The Labute approximate surface area is 82.0 Å². The summed E-state index contributed by atoms with van der Waals surface area (Å²) in [5.74, 6) is 0. The van der Waals surface area contributed by atoms with Gasteiger partial charge in [0, 0.05) is 58.6 Å². The Balaban J connectivity index is 0. The zero-order valence-corrected chi connectivity index (χ0v) is 11.4. The van der Waals surface area contributed by atoms with Crippen LogP contribution in [0.15, 0.2) is 0 Å². The largest absolute Gasteiger partial charge is 2.00 e. The first kappa shape index (κ1) is 31.0. The molecule has 0 aliphatic carbocycles. The summed E-state index contributed by atoms with van der Waals surface area (Å²) in [5.41, 5.74) is 0. The fourth-order valence-electron chi connectivity index (χ4n) is 0. The molecule has 4 heavy (non-hydrogen) atoms. The van der Waals surface area contributed by atoms with Crippen molar-refractivity contribution in [3.63, 3.8) is 0 Å². The van der Waals surface area contributed by atoms with Crippen LogP contribution in [0.25, 0.3) is 0 Å². The Morgan fingerprint density at radius 1 is 1.00 bits per heavy atom. The summed E-state index contributed by atoms with van der Waals surface area (Å²) >= 11 is 0. The first-order valence-electron chi connectivity index (χ1n) is 0. The van der Waals surface area contributed by atoms with Crippen LogP contribution in [0.2, 0.25) is 0 Å². The van der Waals surface area contributed by atoms with Crippen molar-refractivity contribution in [2.45, 2.75) is 0 Å². The molecule has 0 aromatic rings. The van der Waals surface area contributed by atoms with Crippen LogP contribution in [0.4, 0.5) is 0 Å². The van der Waals surface area contributed by atoms with Gasteiger partial charge in [-0.15, -0.1) is 0 Å². The summed E-state index contributed by atoms with van der Waals surface area (Å²) in [6.45, 7) is 0. The van der Waals surface area contributed by atoms with E-state index in [1.165, 1.54) is 0 Å². The molecular weight excluding hydrogens is 285 g/mol. The van der Waals surface area contributed by atoms with E-state index in [1.54, 1.807) is 0 Å². The molecule has 0 atom stereocenters. The van der Waals surface area contributed by atoms with Crippen molar-refractivity contribution in [2.75, 3.05) is 0 Å². The SMILES string of the molecule is [In].[O-2].[Y].[Zn+2]. The molecule has 0 saturated heterocycles.